The Hall–Kier alpha value is -2.01. The molecule has 0 spiro atoms. The molecule has 1 aliphatic rings. The van der Waals surface area contributed by atoms with Crippen LogP contribution in [0.5, 0.6) is 11.8 Å². The lowest BCUT2D eigenvalue weighted by molar-refractivity contribution is 0.144. The Balaban J connectivity index is 1.46. The van der Waals surface area contributed by atoms with Crippen molar-refractivity contribution < 1.29 is 9.47 Å². The largest absolute Gasteiger partial charge is 0.490 e. The van der Waals surface area contributed by atoms with E-state index in [4.69, 9.17) is 9.47 Å². The van der Waals surface area contributed by atoms with Gasteiger partial charge in [0.05, 0.1) is 17.6 Å². The number of nitrogens with zero attached hydrogens (tertiary/aromatic N) is 2. The first-order chi connectivity index (χ1) is 10.3. The second-order valence-corrected chi connectivity index (χ2v) is 5.91. The van der Waals surface area contributed by atoms with Gasteiger partial charge >= 0.3 is 0 Å². The number of hydrogen-bond acceptors (Lipinski definition) is 3. The van der Waals surface area contributed by atoms with Gasteiger partial charge in [-0.25, -0.2) is 0 Å². The second-order valence-electron chi connectivity index (χ2n) is 5.00. The molecule has 3 aromatic rings. The number of hydrogen-bond donors (Lipinski definition) is 0. The summed E-state index contributed by atoms with van der Waals surface area (Å²) in [4.78, 5) is 4.49. The third-order valence-corrected chi connectivity index (χ3v) is 4.06. The number of fused-ring (bicyclic) bond motifs is 3. The van der Waals surface area contributed by atoms with Gasteiger partial charge in [0, 0.05) is 4.47 Å². The second kappa shape index (κ2) is 5.07. The van der Waals surface area contributed by atoms with Crippen molar-refractivity contribution in [2.75, 3.05) is 6.61 Å². The van der Waals surface area contributed by atoms with Crippen LogP contribution < -0.4 is 9.47 Å². The van der Waals surface area contributed by atoms with Gasteiger partial charge in [-0.1, -0.05) is 28.1 Å². The maximum Gasteiger partial charge on any atom is 0.297 e. The molecule has 1 aliphatic heterocycles. The summed E-state index contributed by atoms with van der Waals surface area (Å²) in [5, 5.41) is 0. The van der Waals surface area contributed by atoms with Crippen LogP contribution in [0.4, 0.5) is 0 Å². The van der Waals surface area contributed by atoms with E-state index in [1.165, 1.54) is 0 Å². The summed E-state index contributed by atoms with van der Waals surface area (Å²) in [6.45, 7) is 1.28. The number of rotatable bonds is 3. The number of halogens is 1. The van der Waals surface area contributed by atoms with Crippen molar-refractivity contribution in [1.82, 2.24) is 9.55 Å². The summed E-state index contributed by atoms with van der Waals surface area (Å²) in [6, 6.07) is 16.5. The maximum atomic E-state index is 5.85. The Morgan fingerprint density at radius 2 is 2.00 bits per heavy atom. The zero-order valence-corrected chi connectivity index (χ0v) is 12.8. The smallest absolute Gasteiger partial charge is 0.297 e. The van der Waals surface area contributed by atoms with Gasteiger partial charge in [0.2, 0.25) is 0 Å². The summed E-state index contributed by atoms with van der Waals surface area (Å²) in [5.41, 5.74) is 2.08. The van der Waals surface area contributed by atoms with Gasteiger partial charge in [-0.3, -0.25) is 4.57 Å². The molecule has 5 heteroatoms. The minimum Gasteiger partial charge on any atom is -0.490 e. The topological polar surface area (TPSA) is 36.3 Å². The van der Waals surface area contributed by atoms with E-state index >= 15 is 0 Å². The third kappa shape index (κ3) is 2.38. The Labute approximate surface area is 130 Å². The molecule has 4 rings (SSSR count). The predicted molar refractivity (Wildman–Crippen MR) is 83.8 cm³/mol. The van der Waals surface area contributed by atoms with E-state index < -0.39 is 0 Å². The van der Waals surface area contributed by atoms with Crippen molar-refractivity contribution in [1.29, 1.82) is 0 Å². The van der Waals surface area contributed by atoms with Gasteiger partial charge in [0.1, 0.15) is 12.4 Å². The zero-order valence-electron chi connectivity index (χ0n) is 11.2. The maximum absolute atomic E-state index is 5.85. The Morgan fingerprint density at radius 1 is 1.19 bits per heavy atom. The van der Waals surface area contributed by atoms with Crippen molar-refractivity contribution in [3.8, 4) is 11.8 Å². The minimum atomic E-state index is 0.000697. The van der Waals surface area contributed by atoms with Gasteiger partial charge in [0.15, 0.2) is 6.10 Å². The normalized spacial score (nSPS) is 16.7. The molecule has 0 bridgehead atoms. The van der Waals surface area contributed by atoms with Gasteiger partial charge in [-0.2, -0.15) is 4.98 Å². The van der Waals surface area contributed by atoms with Crippen LogP contribution in [0.1, 0.15) is 0 Å². The van der Waals surface area contributed by atoms with Crippen LogP contribution in [-0.4, -0.2) is 22.3 Å². The summed E-state index contributed by atoms with van der Waals surface area (Å²) < 4.78 is 14.8. The SMILES string of the molecule is Brc1ccc(OC[C@@H]2Cn3c(nc4ccccc43)O2)cc1. The lowest BCUT2D eigenvalue weighted by atomic mass is 10.3. The molecule has 1 aromatic heterocycles. The molecule has 0 radical (unpaired) electrons. The van der Waals surface area contributed by atoms with Crippen LogP contribution >= 0.6 is 15.9 Å². The van der Waals surface area contributed by atoms with Crippen molar-refractivity contribution in [2.24, 2.45) is 0 Å². The molecule has 2 aromatic carbocycles. The highest BCUT2D eigenvalue weighted by Crippen LogP contribution is 2.28. The van der Waals surface area contributed by atoms with Gasteiger partial charge in [-0.05, 0) is 36.4 Å². The lowest BCUT2D eigenvalue weighted by Gasteiger charge is -2.11. The van der Waals surface area contributed by atoms with Crippen LogP contribution in [0.3, 0.4) is 0 Å². The molecule has 0 amide bonds. The fraction of sp³-hybridized carbons (Fsp3) is 0.188. The highest BCUT2D eigenvalue weighted by molar-refractivity contribution is 9.10. The Bertz CT molecular complexity index is 783. The van der Waals surface area contributed by atoms with Crippen LogP contribution in [0.15, 0.2) is 53.0 Å². The number of ether oxygens (including phenoxy) is 2. The molecule has 0 saturated carbocycles. The molecule has 4 nitrogen and oxygen atoms in total. The van der Waals surface area contributed by atoms with Crippen molar-refractivity contribution in [3.05, 3.63) is 53.0 Å². The van der Waals surface area contributed by atoms with E-state index in [-0.39, 0.29) is 6.10 Å². The summed E-state index contributed by atoms with van der Waals surface area (Å²) >= 11 is 3.41. The number of benzene rings is 2. The fourth-order valence-corrected chi connectivity index (χ4v) is 2.78. The minimum absolute atomic E-state index is 0.000697. The highest BCUT2D eigenvalue weighted by atomic mass is 79.9. The molecule has 106 valence electrons. The van der Waals surface area contributed by atoms with Crippen molar-refractivity contribution in [3.63, 3.8) is 0 Å². The van der Waals surface area contributed by atoms with Crippen LogP contribution in [0.2, 0.25) is 0 Å². The van der Waals surface area contributed by atoms with Gasteiger partial charge < -0.3 is 9.47 Å². The van der Waals surface area contributed by atoms with Crippen LogP contribution in [0, 0.1) is 0 Å². The fourth-order valence-electron chi connectivity index (χ4n) is 2.52. The highest BCUT2D eigenvalue weighted by Gasteiger charge is 2.26. The average molecular weight is 345 g/mol. The Kier molecular flexibility index (Phi) is 3.07. The molecule has 0 fully saturated rings. The van der Waals surface area contributed by atoms with E-state index in [1.807, 2.05) is 42.5 Å². The monoisotopic (exact) mass is 344 g/mol. The molecule has 0 saturated heterocycles. The zero-order chi connectivity index (χ0) is 14.2. The lowest BCUT2D eigenvalue weighted by Crippen LogP contribution is -2.23. The molecule has 2 heterocycles. The predicted octanol–water partition coefficient (Wildman–Crippen LogP) is 3.64. The van der Waals surface area contributed by atoms with E-state index in [1.54, 1.807) is 0 Å². The van der Waals surface area contributed by atoms with E-state index in [9.17, 15) is 0 Å². The molecule has 0 unspecified atom stereocenters. The van der Waals surface area contributed by atoms with Gasteiger partial charge in [0.25, 0.3) is 6.01 Å². The van der Waals surface area contributed by atoms with Crippen molar-refractivity contribution >= 4 is 27.0 Å². The molecule has 0 aliphatic carbocycles. The molecule has 1 atom stereocenters. The van der Waals surface area contributed by atoms with Crippen LogP contribution in [-0.2, 0) is 6.54 Å². The first kappa shape index (κ1) is 12.7. The van der Waals surface area contributed by atoms with E-state index in [2.05, 4.69) is 31.5 Å². The number of para-hydroxylation sites is 2. The third-order valence-electron chi connectivity index (χ3n) is 3.53. The molecule has 0 N–H and O–H groups in total. The average Bonchev–Trinajstić information content (AvgIpc) is 3.04. The Morgan fingerprint density at radius 3 is 2.86 bits per heavy atom. The number of imidazole rings is 1. The van der Waals surface area contributed by atoms with Gasteiger partial charge in [-0.15, -0.1) is 0 Å². The summed E-state index contributed by atoms with van der Waals surface area (Å²) in [5.74, 6) is 0.844. The van der Waals surface area contributed by atoms with E-state index in [0.717, 1.165) is 27.8 Å². The molecular formula is C16H13BrN2O2. The number of aromatic nitrogens is 2. The first-order valence-corrected chi connectivity index (χ1v) is 7.59. The van der Waals surface area contributed by atoms with E-state index in [0.29, 0.717) is 12.6 Å². The quantitative estimate of drug-likeness (QED) is 0.727. The standard InChI is InChI=1S/C16H13BrN2O2/c17-11-5-7-12(8-6-11)20-10-13-9-19-15-4-2-1-3-14(15)18-16(19)21-13/h1-8,13H,9-10H2/t13-/m0/s1. The summed E-state index contributed by atoms with van der Waals surface area (Å²) in [6.07, 6.45) is 0.000697. The summed E-state index contributed by atoms with van der Waals surface area (Å²) in [7, 11) is 0. The van der Waals surface area contributed by atoms with Crippen molar-refractivity contribution in [2.45, 2.75) is 12.6 Å². The molecular weight excluding hydrogens is 332 g/mol. The molecule has 21 heavy (non-hydrogen) atoms. The first-order valence-electron chi connectivity index (χ1n) is 6.80. The van der Waals surface area contributed by atoms with Crippen LogP contribution in [0.25, 0.3) is 11.0 Å².